The fourth-order valence-corrected chi connectivity index (χ4v) is 2.75. The Hall–Kier alpha value is -1.00. The summed E-state index contributed by atoms with van der Waals surface area (Å²) in [4.78, 5) is 1.08. The molecule has 19 heavy (non-hydrogen) atoms. The molecule has 0 fully saturated rings. The van der Waals surface area contributed by atoms with Crippen LogP contribution in [-0.4, -0.2) is 13.4 Å². The van der Waals surface area contributed by atoms with Crippen molar-refractivity contribution in [2.75, 3.05) is 0 Å². The van der Waals surface area contributed by atoms with E-state index in [-0.39, 0.29) is 0 Å². The molecule has 0 amide bonds. The SMILES string of the molecule is NCc1cnc(C(F)(F)F)c(S(=O)(=O)Cl)c1C(F)F. The van der Waals surface area contributed by atoms with Gasteiger partial charge in [-0.1, -0.05) is 0 Å². The van der Waals surface area contributed by atoms with Crippen LogP contribution in [0.1, 0.15) is 23.2 Å². The fraction of sp³-hybridized carbons (Fsp3) is 0.375. The van der Waals surface area contributed by atoms with Crippen LogP contribution in [0.3, 0.4) is 0 Å². The Bertz CT molecular complexity index is 588. The number of halogens is 6. The summed E-state index contributed by atoms with van der Waals surface area (Å²) in [5.74, 6) is 0. The van der Waals surface area contributed by atoms with Gasteiger partial charge in [0.1, 0.15) is 4.90 Å². The van der Waals surface area contributed by atoms with Crippen LogP contribution in [-0.2, 0) is 21.8 Å². The van der Waals surface area contributed by atoms with Crippen molar-refractivity contribution in [2.45, 2.75) is 24.0 Å². The molecule has 1 rings (SSSR count). The van der Waals surface area contributed by atoms with E-state index in [4.69, 9.17) is 16.4 Å². The third kappa shape index (κ3) is 3.31. The van der Waals surface area contributed by atoms with Gasteiger partial charge >= 0.3 is 6.18 Å². The number of rotatable bonds is 3. The lowest BCUT2D eigenvalue weighted by Crippen LogP contribution is -2.18. The average Bonchev–Trinajstić information content (AvgIpc) is 2.24. The van der Waals surface area contributed by atoms with Crippen LogP contribution in [0.5, 0.6) is 0 Å². The van der Waals surface area contributed by atoms with Gasteiger partial charge in [0.2, 0.25) is 0 Å². The predicted octanol–water partition coefficient (Wildman–Crippen LogP) is 2.42. The smallest absolute Gasteiger partial charge is 0.326 e. The first-order valence-corrected chi connectivity index (χ1v) is 6.83. The number of pyridine rings is 1. The van der Waals surface area contributed by atoms with Crippen molar-refractivity contribution in [1.29, 1.82) is 0 Å². The molecule has 0 saturated heterocycles. The Morgan fingerprint density at radius 1 is 1.37 bits per heavy atom. The van der Waals surface area contributed by atoms with Gasteiger partial charge < -0.3 is 5.73 Å². The van der Waals surface area contributed by atoms with Crippen LogP contribution >= 0.6 is 10.7 Å². The Morgan fingerprint density at radius 2 is 1.89 bits per heavy atom. The Kier molecular flexibility index (Phi) is 4.37. The number of nitrogens with zero attached hydrogens (tertiary/aromatic N) is 1. The van der Waals surface area contributed by atoms with Crippen molar-refractivity contribution in [3.8, 4) is 0 Å². The molecule has 4 nitrogen and oxygen atoms in total. The molecule has 0 saturated carbocycles. The van der Waals surface area contributed by atoms with E-state index in [1.807, 2.05) is 0 Å². The first-order chi connectivity index (χ1) is 8.50. The molecule has 11 heteroatoms. The van der Waals surface area contributed by atoms with Gasteiger partial charge in [-0.25, -0.2) is 17.2 Å². The van der Waals surface area contributed by atoms with Gasteiger partial charge in [-0.15, -0.1) is 0 Å². The van der Waals surface area contributed by atoms with Crippen LogP contribution in [0.2, 0.25) is 0 Å². The highest BCUT2D eigenvalue weighted by atomic mass is 35.7. The molecular weight excluding hydrogens is 319 g/mol. The topological polar surface area (TPSA) is 73.0 Å². The van der Waals surface area contributed by atoms with Crippen LogP contribution in [0.15, 0.2) is 11.1 Å². The number of nitrogens with two attached hydrogens (primary N) is 1. The molecule has 1 aromatic rings. The standard InChI is InChI=1S/C8H6ClF5N2O2S/c9-19(17,18)5-4(7(10)11)3(1-15)2-16-6(5)8(12,13)14/h2,7H,1,15H2. The summed E-state index contributed by atoms with van der Waals surface area (Å²) in [6.07, 6.45) is -8.28. The molecular formula is C8H6ClF5N2O2S. The minimum atomic E-state index is -5.24. The molecule has 0 aliphatic rings. The zero-order valence-electron chi connectivity index (χ0n) is 8.88. The average molecular weight is 325 g/mol. The molecule has 0 aliphatic carbocycles. The lowest BCUT2D eigenvalue weighted by atomic mass is 10.1. The van der Waals surface area contributed by atoms with Crippen molar-refractivity contribution >= 4 is 19.7 Å². The van der Waals surface area contributed by atoms with E-state index < -0.39 is 49.9 Å². The molecule has 0 radical (unpaired) electrons. The first kappa shape index (κ1) is 16.1. The zero-order chi connectivity index (χ0) is 15.0. The molecule has 0 spiro atoms. The van der Waals surface area contributed by atoms with Gasteiger partial charge in [0.05, 0.1) is 0 Å². The number of hydrogen-bond acceptors (Lipinski definition) is 4. The summed E-state index contributed by atoms with van der Waals surface area (Å²) in [7, 11) is -0.265. The van der Waals surface area contributed by atoms with E-state index in [0.717, 1.165) is 0 Å². The van der Waals surface area contributed by atoms with Crippen molar-refractivity contribution in [1.82, 2.24) is 4.98 Å². The van der Waals surface area contributed by atoms with Crippen molar-refractivity contribution in [3.05, 3.63) is 23.0 Å². The highest BCUT2D eigenvalue weighted by Gasteiger charge is 2.42. The molecule has 108 valence electrons. The summed E-state index contributed by atoms with van der Waals surface area (Å²) < 4.78 is 85.7. The van der Waals surface area contributed by atoms with Gasteiger partial charge in [-0.2, -0.15) is 13.2 Å². The van der Waals surface area contributed by atoms with Crippen molar-refractivity contribution in [3.63, 3.8) is 0 Å². The lowest BCUT2D eigenvalue weighted by Gasteiger charge is -2.16. The Morgan fingerprint density at radius 3 is 2.21 bits per heavy atom. The second-order valence-electron chi connectivity index (χ2n) is 3.32. The normalized spacial score (nSPS) is 13.1. The quantitative estimate of drug-likeness (QED) is 0.684. The second-order valence-corrected chi connectivity index (χ2v) is 5.82. The highest BCUT2D eigenvalue weighted by Crippen LogP contribution is 2.40. The zero-order valence-corrected chi connectivity index (χ0v) is 10.5. The number of alkyl halides is 5. The van der Waals surface area contributed by atoms with E-state index in [2.05, 4.69) is 4.98 Å². The molecule has 1 aromatic heterocycles. The molecule has 2 N–H and O–H groups in total. The first-order valence-electron chi connectivity index (χ1n) is 4.52. The maximum absolute atomic E-state index is 12.8. The third-order valence-corrected chi connectivity index (χ3v) is 3.47. The van der Waals surface area contributed by atoms with E-state index in [1.165, 1.54) is 0 Å². The van der Waals surface area contributed by atoms with E-state index >= 15 is 0 Å². The van der Waals surface area contributed by atoms with Gasteiger partial charge in [0, 0.05) is 29.0 Å². The van der Waals surface area contributed by atoms with E-state index in [1.54, 1.807) is 0 Å². The van der Waals surface area contributed by atoms with Crippen LogP contribution in [0, 0.1) is 0 Å². The molecule has 0 aromatic carbocycles. The maximum atomic E-state index is 12.8. The molecule has 0 aliphatic heterocycles. The summed E-state index contributed by atoms with van der Waals surface area (Å²) in [5.41, 5.74) is 1.18. The maximum Gasteiger partial charge on any atom is 0.434 e. The fourth-order valence-electron chi connectivity index (χ4n) is 1.39. The number of aromatic nitrogens is 1. The van der Waals surface area contributed by atoms with Crippen LogP contribution in [0.4, 0.5) is 22.0 Å². The molecule has 0 bridgehead atoms. The Labute approximate surface area is 108 Å². The Balaban J connectivity index is 3.86. The molecule has 0 atom stereocenters. The van der Waals surface area contributed by atoms with Gasteiger partial charge in [0.25, 0.3) is 15.5 Å². The van der Waals surface area contributed by atoms with E-state index in [0.29, 0.717) is 6.20 Å². The summed E-state index contributed by atoms with van der Waals surface area (Å²) in [6, 6.07) is 0. The highest BCUT2D eigenvalue weighted by molar-refractivity contribution is 8.13. The second kappa shape index (κ2) is 5.17. The monoisotopic (exact) mass is 324 g/mol. The molecule has 0 unspecified atom stereocenters. The van der Waals surface area contributed by atoms with Crippen LogP contribution < -0.4 is 5.73 Å². The third-order valence-electron chi connectivity index (χ3n) is 2.11. The summed E-state index contributed by atoms with van der Waals surface area (Å²) >= 11 is 0. The van der Waals surface area contributed by atoms with E-state index in [9.17, 15) is 30.4 Å². The predicted molar refractivity (Wildman–Crippen MR) is 55.1 cm³/mol. The largest absolute Gasteiger partial charge is 0.434 e. The van der Waals surface area contributed by atoms with Gasteiger partial charge in [-0.05, 0) is 5.56 Å². The minimum Gasteiger partial charge on any atom is -0.326 e. The van der Waals surface area contributed by atoms with Crippen molar-refractivity contribution < 1.29 is 30.4 Å². The minimum absolute atomic E-state index is 0.454. The van der Waals surface area contributed by atoms with Crippen LogP contribution in [0.25, 0.3) is 0 Å². The summed E-state index contributed by atoms with van der Waals surface area (Å²) in [5, 5.41) is 0. The van der Waals surface area contributed by atoms with Gasteiger partial charge in [0.15, 0.2) is 5.69 Å². The van der Waals surface area contributed by atoms with Crippen molar-refractivity contribution in [2.24, 2.45) is 5.73 Å². The summed E-state index contributed by atoms with van der Waals surface area (Å²) in [6.45, 7) is -0.607. The van der Waals surface area contributed by atoms with Gasteiger partial charge in [-0.3, -0.25) is 4.98 Å². The lowest BCUT2D eigenvalue weighted by molar-refractivity contribution is -0.143. The molecule has 1 heterocycles. The number of hydrogen-bond donors (Lipinski definition) is 1.